The average molecular weight is 195 g/mol. The van der Waals surface area contributed by atoms with Crippen molar-refractivity contribution in [3.8, 4) is 0 Å². The summed E-state index contributed by atoms with van der Waals surface area (Å²) in [6, 6.07) is 0. The molecule has 0 radical (unpaired) electrons. The van der Waals surface area contributed by atoms with Crippen LogP contribution in [0, 0.1) is 5.92 Å². The molecule has 0 saturated heterocycles. The van der Waals surface area contributed by atoms with Crippen molar-refractivity contribution in [3.05, 3.63) is 11.9 Å². The van der Waals surface area contributed by atoms with Gasteiger partial charge < -0.3 is 5.11 Å². The smallest absolute Gasteiger partial charge is 0.312 e. The van der Waals surface area contributed by atoms with Crippen molar-refractivity contribution in [1.82, 2.24) is 15.0 Å². The number of rotatable bonds is 4. The van der Waals surface area contributed by atoms with Gasteiger partial charge in [-0.2, -0.15) is 0 Å². The highest BCUT2D eigenvalue weighted by atomic mass is 16.4. The third kappa shape index (κ3) is 1.92. The molecule has 76 valence electrons. The number of carboxylic acids is 1. The molecule has 1 saturated carbocycles. The first-order chi connectivity index (χ1) is 6.66. The Morgan fingerprint density at radius 2 is 2.50 bits per heavy atom. The fraction of sp³-hybridized carbons (Fsp3) is 0.667. The zero-order chi connectivity index (χ0) is 10.1. The van der Waals surface area contributed by atoms with Crippen LogP contribution in [0.25, 0.3) is 0 Å². The maximum Gasteiger partial charge on any atom is 0.312 e. The van der Waals surface area contributed by atoms with Gasteiger partial charge >= 0.3 is 5.97 Å². The summed E-state index contributed by atoms with van der Waals surface area (Å²) < 4.78 is 1.74. The summed E-state index contributed by atoms with van der Waals surface area (Å²) in [6.45, 7) is 2.49. The van der Waals surface area contributed by atoms with Crippen molar-refractivity contribution in [1.29, 1.82) is 0 Å². The second-order valence-electron chi connectivity index (χ2n) is 3.87. The van der Waals surface area contributed by atoms with Crippen LogP contribution < -0.4 is 0 Å². The molecule has 0 aliphatic heterocycles. The molecule has 1 atom stereocenters. The third-order valence-corrected chi connectivity index (χ3v) is 2.51. The molecule has 0 spiro atoms. The molecule has 14 heavy (non-hydrogen) atoms. The van der Waals surface area contributed by atoms with Crippen LogP contribution in [0.15, 0.2) is 6.20 Å². The highest BCUT2D eigenvalue weighted by Crippen LogP contribution is 2.30. The van der Waals surface area contributed by atoms with E-state index < -0.39 is 11.9 Å². The van der Waals surface area contributed by atoms with Crippen LogP contribution in [0.3, 0.4) is 0 Å². The van der Waals surface area contributed by atoms with Gasteiger partial charge in [0.1, 0.15) is 0 Å². The first-order valence-electron chi connectivity index (χ1n) is 4.79. The number of nitrogens with zero attached hydrogens (tertiary/aromatic N) is 3. The van der Waals surface area contributed by atoms with E-state index in [1.807, 2.05) is 0 Å². The van der Waals surface area contributed by atoms with E-state index in [1.54, 1.807) is 17.8 Å². The van der Waals surface area contributed by atoms with Crippen LogP contribution in [0.5, 0.6) is 0 Å². The van der Waals surface area contributed by atoms with Gasteiger partial charge in [-0.25, -0.2) is 0 Å². The first-order valence-corrected chi connectivity index (χ1v) is 4.79. The van der Waals surface area contributed by atoms with E-state index in [0.717, 1.165) is 12.5 Å². The van der Waals surface area contributed by atoms with Crippen molar-refractivity contribution in [2.24, 2.45) is 5.92 Å². The van der Waals surface area contributed by atoms with E-state index in [-0.39, 0.29) is 0 Å². The molecule has 1 aromatic heterocycles. The highest BCUT2D eigenvalue weighted by Gasteiger charge is 2.23. The van der Waals surface area contributed by atoms with E-state index >= 15 is 0 Å². The van der Waals surface area contributed by atoms with Crippen LogP contribution in [-0.2, 0) is 11.3 Å². The second kappa shape index (κ2) is 3.40. The molecule has 1 N–H and O–H groups in total. The van der Waals surface area contributed by atoms with Crippen molar-refractivity contribution in [2.75, 3.05) is 0 Å². The predicted octanol–water partition coefficient (Wildman–Crippen LogP) is 0.876. The highest BCUT2D eigenvalue weighted by molar-refractivity contribution is 5.74. The number of carboxylic acid groups (broad SMARTS) is 1. The Morgan fingerprint density at radius 1 is 1.79 bits per heavy atom. The van der Waals surface area contributed by atoms with Crippen molar-refractivity contribution in [3.63, 3.8) is 0 Å². The predicted molar refractivity (Wildman–Crippen MR) is 48.8 cm³/mol. The quantitative estimate of drug-likeness (QED) is 0.774. The Morgan fingerprint density at radius 3 is 3.07 bits per heavy atom. The Bertz CT molecular complexity index is 344. The first kappa shape index (κ1) is 9.18. The van der Waals surface area contributed by atoms with Gasteiger partial charge in [0.15, 0.2) is 0 Å². The lowest BCUT2D eigenvalue weighted by atomic mass is 10.1. The van der Waals surface area contributed by atoms with E-state index in [2.05, 4.69) is 10.3 Å². The standard InChI is InChI=1S/C9H13N3O2/c1-6(9(13)14)8-5-12(11-10-8)4-7-2-3-7/h5-7H,2-4H2,1H3,(H,13,14). The molecule has 0 bridgehead atoms. The molecule has 0 amide bonds. The normalized spacial score (nSPS) is 18.1. The molecule has 5 nitrogen and oxygen atoms in total. The zero-order valence-electron chi connectivity index (χ0n) is 8.05. The minimum atomic E-state index is -0.858. The van der Waals surface area contributed by atoms with Gasteiger partial charge in [-0.05, 0) is 25.7 Å². The minimum absolute atomic E-state index is 0.540. The van der Waals surface area contributed by atoms with E-state index in [1.165, 1.54) is 12.8 Å². The van der Waals surface area contributed by atoms with Crippen molar-refractivity contribution >= 4 is 5.97 Å². The maximum atomic E-state index is 10.7. The van der Waals surface area contributed by atoms with Crippen LogP contribution in [0.1, 0.15) is 31.4 Å². The van der Waals surface area contributed by atoms with Gasteiger partial charge in [0.05, 0.1) is 11.6 Å². The number of carbonyl (C=O) groups is 1. The summed E-state index contributed by atoms with van der Waals surface area (Å²) in [5.41, 5.74) is 0.540. The Labute approximate surface area is 81.7 Å². The Hall–Kier alpha value is -1.39. The van der Waals surface area contributed by atoms with Gasteiger partial charge in [-0.3, -0.25) is 9.48 Å². The van der Waals surface area contributed by atoms with Crippen molar-refractivity contribution in [2.45, 2.75) is 32.2 Å². The number of hydrogen-bond donors (Lipinski definition) is 1. The Kier molecular flexibility index (Phi) is 2.23. The molecule has 1 aliphatic carbocycles. The summed E-state index contributed by atoms with van der Waals surface area (Å²) >= 11 is 0. The molecule has 1 fully saturated rings. The van der Waals surface area contributed by atoms with Crippen LogP contribution in [0.4, 0.5) is 0 Å². The molecule has 0 aromatic carbocycles. The summed E-state index contributed by atoms with van der Waals surface area (Å²) in [7, 11) is 0. The molecular weight excluding hydrogens is 182 g/mol. The fourth-order valence-corrected chi connectivity index (χ4v) is 1.29. The topological polar surface area (TPSA) is 68.0 Å². The van der Waals surface area contributed by atoms with E-state index in [4.69, 9.17) is 5.11 Å². The number of aliphatic carboxylic acids is 1. The van der Waals surface area contributed by atoms with Gasteiger partial charge in [0.2, 0.25) is 0 Å². The lowest BCUT2D eigenvalue weighted by molar-refractivity contribution is -0.138. The Balaban J connectivity index is 2.04. The maximum absolute atomic E-state index is 10.7. The van der Waals surface area contributed by atoms with Crippen molar-refractivity contribution < 1.29 is 9.90 Å². The second-order valence-corrected chi connectivity index (χ2v) is 3.87. The van der Waals surface area contributed by atoms with Crippen LogP contribution >= 0.6 is 0 Å². The SMILES string of the molecule is CC(C(=O)O)c1cn(CC2CC2)nn1. The summed E-state index contributed by atoms with van der Waals surface area (Å²) in [5.74, 6) is -0.698. The van der Waals surface area contributed by atoms with Gasteiger partial charge in [0, 0.05) is 12.7 Å². The zero-order valence-corrected chi connectivity index (χ0v) is 8.05. The van der Waals surface area contributed by atoms with Crippen LogP contribution in [-0.4, -0.2) is 26.1 Å². The molecule has 1 heterocycles. The largest absolute Gasteiger partial charge is 0.481 e. The lowest BCUT2D eigenvalue weighted by Crippen LogP contribution is -2.07. The lowest BCUT2D eigenvalue weighted by Gasteiger charge is -1.99. The fourth-order valence-electron chi connectivity index (χ4n) is 1.29. The molecular formula is C9H13N3O2. The summed E-state index contributed by atoms with van der Waals surface area (Å²) in [4.78, 5) is 10.7. The molecule has 5 heteroatoms. The summed E-state index contributed by atoms with van der Waals surface area (Å²) in [5, 5.41) is 16.5. The third-order valence-electron chi connectivity index (χ3n) is 2.51. The van der Waals surface area contributed by atoms with E-state index in [9.17, 15) is 4.79 Å². The van der Waals surface area contributed by atoms with Crippen LogP contribution in [0.2, 0.25) is 0 Å². The number of aromatic nitrogens is 3. The number of hydrogen-bond acceptors (Lipinski definition) is 3. The summed E-state index contributed by atoms with van der Waals surface area (Å²) in [6.07, 6.45) is 4.24. The van der Waals surface area contributed by atoms with Gasteiger partial charge in [0.25, 0.3) is 0 Å². The monoisotopic (exact) mass is 195 g/mol. The average Bonchev–Trinajstić information content (AvgIpc) is 2.81. The minimum Gasteiger partial charge on any atom is -0.481 e. The molecule has 1 aliphatic rings. The van der Waals surface area contributed by atoms with Gasteiger partial charge in [-0.15, -0.1) is 5.10 Å². The molecule has 2 rings (SSSR count). The van der Waals surface area contributed by atoms with Gasteiger partial charge in [-0.1, -0.05) is 5.21 Å². The molecule has 1 unspecified atom stereocenters. The molecule has 1 aromatic rings. The van der Waals surface area contributed by atoms with E-state index in [0.29, 0.717) is 5.69 Å².